The quantitative estimate of drug-likeness (QED) is 0.488. The van der Waals surface area contributed by atoms with E-state index in [4.69, 9.17) is 4.74 Å². The highest BCUT2D eigenvalue weighted by atomic mass is 19.1. The van der Waals surface area contributed by atoms with Crippen molar-refractivity contribution >= 4 is 17.7 Å². The highest BCUT2D eigenvalue weighted by molar-refractivity contribution is 5.97. The van der Waals surface area contributed by atoms with Crippen LogP contribution in [0.1, 0.15) is 35.7 Å². The van der Waals surface area contributed by atoms with Gasteiger partial charge in [-0.25, -0.2) is 4.39 Å². The fourth-order valence-corrected chi connectivity index (χ4v) is 2.82. The van der Waals surface area contributed by atoms with Gasteiger partial charge < -0.3 is 9.64 Å². The summed E-state index contributed by atoms with van der Waals surface area (Å²) in [5.41, 5.74) is 1.30. The van der Waals surface area contributed by atoms with Crippen LogP contribution in [-0.2, 0) is 20.9 Å². The van der Waals surface area contributed by atoms with Crippen molar-refractivity contribution in [1.29, 1.82) is 0 Å². The van der Waals surface area contributed by atoms with Gasteiger partial charge in [0.15, 0.2) is 5.78 Å². The van der Waals surface area contributed by atoms with Gasteiger partial charge in [0.25, 0.3) is 0 Å². The van der Waals surface area contributed by atoms with Gasteiger partial charge in [-0.05, 0) is 17.7 Å². The maximum Gasteiger partial charge on any atom is 0.310 e. The molecule has 1 atom stereocenters. The fraction of sp³-hybridized carbons (Fsp3) is 0.318. The van der Waals surface area contributed by atoms with Gasteiger partial charge in [-0.3, -0.25) is 14.4 Å². The Hall–Kier alpha value is -3.02. The van der Waals surface area contributed by atoms with Crippen molar-refractivity contribution in [3.8, 4) is 0 Å². The minimum Gasteiger partial charge on any atom is -0.469 e. The van der Waals surface area contributed by atoms with E-state index >= 15 is 0 Å². The summed E-state index contributed by atoms with van der Waals surface area (Å²) in [6.07, 6.45) is 0.109. The Labute approximate surface area is 164 Å². The molecule has 0 aliphatic rings. The molecule has 0 radical (unpaired) electrons. The summed E-state index contributed by atoms with van der Waals surface area (Å²) in [4.78, 5) is 38.3. The van der Waals surface area contributed by atoms with E-state index in [1.165, 1.54) is 24.1 Å². The molecule has 0 aliphatic carbocycles. The maximum absolute atomic E-state index is 13.1. The van der Waals surface area contributed by atoms with Gasteiger partial charge in [0.2, 0.25) is 5.91 Å². The summed E-state index contributed by atoms with van der Waals surface area (Å²) in [7, 11) is 1.30. The summed E-state index contributed by atoms with van der Waals surface area (Å²) >= 11 is 0. The zero-order chi connectivity index (χ0) is 20.5. The van der Waals surface area contributed by atoms with Crippen LogP contribution in [0.5, 0.6) is 0 Å². The van der Waals surface area contributed by atoms with Crippen LogP contribution in [0.4, 0.5) is 4.39 Å². The smallest absolute Gasteiger partial charge is 0.310 e. The zero-order valence-corrected chi connectivity index (χ0v) is 16.1. The number of carbonyl (C=O) groups is 3. The highest BCUT2D eigenvalue weighted by Gasteiger charge is 2.22. The highest BCUT2D eigenvalue weighted by Crippen LogP contribution is 2.13. The van der Waals surface area contributed by atoms with E-state index in [0.29, 0.717) is 5.56 Å². The summed E-state index contributed by atoms with van der Waals surface area (Å²) < 4.78 is 17.9. The molecule has 0 fully saturated rings. The first-order chi connectivity index (χ1) is 13.4. The van der Waals surface area contributed by atoms with E-state index in [9.17, 15) is 18.8 Å². The van der Waals surface area contributed by atoms with Crippen molar-refractivity contribution in [2.75, 3.05) is 13.7 Å². The van der Waals surface area contributed by atoms with Crippen LogP contribution >= 0.6 is 0 Å². The first-order valence-corrected chi connectivity index (χ1v) is 9.09. The molecule has 0 N–H and O–H groups in total. The van der Waals surface area contributed by atoms with Crippen LogP contribution in [0.3, 0.4) is 0 Å². The summed E-state index contributed by atoms with van der Waals surface area (Å²) in [5.74, 6) is -1.66. The van der Waals surface area contributed by atoms with Crippen LogP contribution in [0.25, 0.3) is 0 Å². The molecule has 1 unspecified atom stereocenters. The summed E-state index contributed by atoms with van der Waals surface area (Å²) in [6, 6.07) is 14.6. The van der Waals surface area contributed by atoms with E-state index in [1.54, 1.807) is 43.3 Å². The zero-order valence-electron chi connectivity index (χ0n) is 16.1. The van der Waals surface area contributed by atoms with Gasteiger partial charge in [-0.15, -0.1) is 0 Å². The van der Waals surface area contributed by atoms with E-state index < -0.39 is 11.9 Å². The molecule has 0 heterocycles. The van der Waals surface area contributed by atoms with Gasteiger partial charge in [0.1, 0.15) is 5.82 Å². The molecule has 2 aromatic carbocycles. The lowest BCUT2D eigenvalue weighted by atomic mass is 10.1. The van der Waals surface area contributed by atoms with E-state index in [0.717, 1.165) is 5.56 Å². The largest absolute Gasteiger partial charge is 0.469 e. The Bertz CT molecular complexity index is 805. The molecule has 1 amide bonds. The summed E-state index contributed by atoms with van der Waals surface area (Å²) in [5, 5.41) is 0. The predicted molar refractivity (Wildman–Crippen MR) is 103 cm³/mol. The van der Waals surface area contributed by atoms with Gasteiger partial charge >= 0.3 is 5.97 Å². The minimum atomic E-state index is -0.515. The van der Waals surface area contributed by atoms with Crippen molar-refractivity contribution in [3.63, 3.8) is 0 Å². The predicted octanol–water partition coefficient (Wildman–Crippen LogP) is 3.63. The second-order valence-corrected chi connectivity index (χ2v) is 6.61. The molecule has 28 heavy (non-hydrogen) atoms. The lowest BCUT2D eigenvalue weighted by Crippen LogP contribution is -2.37. The Morgan fingerprint density at radius 1 is 1.00 bits per heavy atom. The second-order valence-electron chi connectivity index (χ2n) is 6.61. The van der Waals surface area contributed by atoms with Crippen molar-refractivity contribution in [2.45, 2.75) is 26.3 Å². The van der Waals surface area contributed by atoms with E-state index in [2.05, 4.69) is 0 Å². The molecule has 6 heteroatoms. The molecule has 2 rings (SSSR count). The molecule has 0 bridgehead atoms. The fourth-order valence-electron chi connectivity index (χ4n) is 2.82. The number of halogens is 1. The van der Waals surface area contributed by atoms with Crippen molar-refractivity contribution in [2.24, 2.45) is 5.92 Å². The lowest BCUT2D eigenvalue weighted by molar-refractivity contribution is -0.146. The van der Waals surface area contributed by atoms with E-state index in [-0.39, 0.29) is 43.4 Å². The normalized spacial score (nSPS) is 11.5. The number of Topliss-reactive ketones (excluding diaryl/α,β-unsaturated/α-hetero) is 1. The second kappa shape index (κ2) is 10.3. The van der Waals surface area contributed by atoms with Crippen LogP contribution in [-0.4, -0.2) is 36.2 Å². The molecule has 0 aromatic heterocycles. The monoisotopic (exact) mass is 385 g/mol. The third kappa shape index (κ3) is 6.30. The topological polar surface area (TPSA) is 63.7 Å². The Balaban J connectivity index is 2.05. The number of hydrogen-bond acceptors (Lipinski definition) is 4. The maximum atomic E-state index is 13.1. The van der Waals surface area contributed by atoms with Gasteiger partial charge in [0.05, 0.1) is 13.0 Å². The number of nitrogens with zero attached hydrogens (tertiary/aromatic N) is 1. The average Bonchev–Trinajstić information content (AvgIpc) is 2.72. The van der Waals surface area contributed by atoms with Gasteiger partial charge in [-0.2, -0.15) is 0 Å². The molecule has 148 valence electrons. The van der Waals surface area contributed by atoms with Gasteiger partial charge in [-0.1, -0.05) is 49.4 Å². The molecular weight excluding hydrogens is 361 g/mol. The summed E-state index contributed by atoms with van der Waals surface area (Å²) in [6.45, 7) is 2.05. The number of rotatable bonds is 9. The molecule has 2 aromatic rings. The first-order valence-electron chi connectivity index (χ1n) is 9.09. The number of amides is 1. The van der Waals surface area contributed by atoms with Crippen LogP contribution in [0.15, 0.2) is 54.6 Å². The van der Waals surface area contributed by atoms with Crippen LogP contribution in [0, 0.1) is 11.7 Å². The Morgan fingerprint density at radius 2 is 1.64 bits per heavy atom. The van der Waals surface area contributed by atoms with Gasteiger partial charge in [0, 0.05) is 31.5 Å². The van der Waals surface area contributed by atoms with Crippen molar-refractivity contribution in [1.82, 2.24) is 4.90 Å². The SMILES string of the molecule is COC(=O)C(C)CN(Cc1ccc(F)cc1)C(=O)CCC(=O)c1ccccc1. The third-order valence-electron chi connectivity index (χ3n) is 4.40. The number of hydrogen-bond donors (Lipinski definition) is 0. The number of esters is 1. The van der Waals surface area contributed by atoms with Crippen LogP contribution < -0.4 is 0 Å². The van der Waals surface area contributed by atoms with Crippen molar-refractivity contribution in [3.05, 3.63) is 71.5 Å². The molecular formula is C22H24FNO4. The van der Waals surface area contributed by atoms with Crippen LogP contribution in [0.2, 0.25) is 0 Å². The Morgan fingerprint density at radius 3 is 2.25 bits per heavy atom. The molecule has 0 saturated carbocycles. The standard InChI is InChI=1S/C22H24FNO4/c1-16(22(27)28-2)14-24(15-17-8-10-19(23)11-9-17)21(26)13-12-20(25)18-6-4-3-5-7-18/h3-11,16H,12-15H2,1-2H3. The lowest BCUT2D eigenvalue weighted by Gasteiger charge is -2.25. The number of methoxy groups -OCH3 is 1. The van der Waals surface area contributed by atoms with E-state index in [1.807, 2.05) is 6.07 Å². The van der Waals surface area contributed by atoms with Crippen molar-refractivity contribution < 1.29 is 23.5 Å². The average molecular weight is 385 g/mol. The third-order valence-corrected chi connectivity index (χ3v) is 4.40. The Kier molecular flexibility index (Phi) is 7.87. The number of ketones is 1. The number of carbonyl (C=O) groups excluding carboxylic acids is 3. The molecule has 5 nitrogen and oxygen atoms in total. The number of ether oxygens (including phenoxy) is 1. The molecule has 0 saturated heterocycles. The molecule has 0 spiro atoms. The molecule has 0 aliphatic heterocycles. The number of benzene rings is 2. The first kappa shape index (κ1) is 21.3. The minimum absolute atomic E-state index is 0.0306.